The number of hydrogen-bond donors (Lipinski definition) is 0. The van der Waals surface area contributed by atoms with Crippen LogP contribution in [-0.2, 0) is 11.3 Å². The first-order valence-electron chi connectivity index (χ1n) is 13.7. The first-order chi connectivity index (χ1) is 19.0. The van der Waals surface area contributed by atoms with Gasteiger partial charge in [0.05, 0.1) is 10.6 Å². The molecule has 1 aliphatic carbocycles. The first-order valence-corrected chi connectivity index (χ1v) is 14.5. The van der Waals surface area contributed by atoms with Crippen molar-refractivity contribution >= 4 is 45.5 Å². The van der Waals surface area contributed by atoms with Crippen LogP contribution < -0.4 is 0 Å². The van der Waals surface area contributed by atoms with Gasteiger partial charge in [0.2, 0.25) is 0 Å². The van der Waals surface area contributed by atoms with E-state index < -0.39 is 0 Å². The summed E-state index contributed by atoms with van der Waals surface area (Å²) < 4.78 is 15.8. The summed E-state index contributed by atoms with van der Waals surface area (Å²) in [4.78, 5) is 21.7. The molecule has 6 rings (SSSR count). The van der Waals surface area contributed by atoms with Gasteiger partial charge in [-0.1, -0.05) is 68.3 Å². The Morgan fingerprint density at radius 2 is 1.69 bits per heavy atom. The van der Waals surface area contributed by atoms with Crippen LogP contribution in [0.3, 0.4) is 0 Å². The minimum absolute atomic E-state index is 0.0446. The number of halogens is 1. The average molecular weight is 538 g/mol. The summed E-state index contributed by atoms with van der Waals surface area (Å²) in [6, 6.07) is 25.0. The van der Waals surface area contributed by atoms with Crippen molar-refractivity contribution in [3.05, 3.63) is 106 Å². The molecule has 0 radical (unpaired) electrons. The average Bonchev–Trinajstić information content (AvgIpc) is 3.39. The van der Waals surface area contributed by atoms with Gasteiger partial charge in [0.15, 0.2) is 5.17 Å². The van der Waals surface area contributed by atoms with Crippen LogP contribution in [0.5, 0.6) is 0 Å². The van der Waals surface area contributed by atoms with E-state index in [1.165, 1.54) is 30.3 Å². The van der Waals surface area contributed by atoms with Gasteiger partial charge in [-0.25, -0.2) is 9.38 Å². The molecule has 2 heterocycles. The van der Waals surface area contributed by atoms with E-state index in [9.17, 15) is 9.18 Å². The molecular weight excluding hydrogens is 505 g/mol. The molecular formula is C33H32FN3OS. The molecule has 198 valence electrons. The van der Waals surface area contributed by atoms with Crippen molar-refractivity contribution in [3.8, 4) is 0 Å². The van der Waals surface area contributed by atoms with Gasteiger partial charge in [-0.2, -0.15) is 0 Å². The second-order valence-electron chi connectivity index (χ2n) is 10.6. The number of rotatable bonds is 5. The number of carbonyl (C=O) groups is 1. The third-order valence-electron chi connectivity index (χ3n) is 8.02. The van der Waals surface area contributed by atoms with Crippen LogP contribution in [0.15, 0.2) is 88.8 Å². The molecule has 0 N–H and O–H groups in total. The summed E-state index contributed by atoms with van der Waals surface area (Å²) in [7, 11) is 0. The molecule has 1 saturated carbocycles. The Labute approximate surface area is 233 Å². The van der Waals surface area contributed by atoms with Crippen LogP contribution in [0, 0.1) is 18.7 Å². The maximum atomic E-state index is 14.0. The Kier molecular flexibility index (Phi) is 7.13. The minimum Gasteiger partial charge on any atom is -0.340 e. The second-order valence-corrected chi connectivity index (χ2v) is 11.6. The number of para-hydroxylation sites is 2. The number of amides is 1. The van der Waals surface area contributed by atoms with Crippen LogP contribution in [0.1, 0.15) is 49.4 Å². The molecule has 2 aliphatic rings. The predicted octanol–water partition coefficient (Wildman–Crippen LogP) is 8.32. The largest absolute Gasteiger partial charge is 0.340 e. The summed E-state index contributed by atoms with van der Waals surface area (Å²) >= 11 is 1.48. The van der Waals surface area contributed by atoms with Gasteiger partial charge in [0, 0.05) is 34.7 Å². The fourth-order valence-corrected chi connectivity index (χ4v) is 6.92. The Balaban J connectivity index is 1.42. The van der Waals surface area contributed by atoms with Crippen molar-refractivity contribution in [2.75, 3.05) is 0 Å². The lowest BCUT2D eigenvalue weighted by atomic mass is 9.85. The van der Waals surface area contributed by atoms with Crippen molar-refractivity contribution in [1.82, 2.24) is 9.47 Å². The van der Waals surface area contributed by atoms with E-state index in [0.717, 1.165) is 57.8 Å². The van der Waals surface area contributed by atoms with Crippen molar-refractivity contribution in [3.63, 3.8) is 0 Å². The number of carbonyl (C=O) groups excluding carboxylic acids is 1. The van der Waals surface area contributed by atoms with E-state index in [1.54, 1.807) is 0 Å². The number of hydrogen-bond acceptors (Lipinski definition) is 3. The maximum absolute atomic E-state index is 14.0. The number of aliphatic imine (C=N–C) groups is 1. The lowest BCUT2D eigenvalue weighted by Crippen LogP contribution is -2.44. The van der Waals surface area contributed by atoms with Gasteiger partial charge in [-0.05, 0) is 79.4 Å². The van der Waals surface area contributed by atoms with E-state index in [-0.39, 0.29) is 17.8 Å². The normalized spacial score (nSPS) is 21.9. The quantitative estimate of drug-likeness (QED) is 0.240. The van der Waals surface area contributed by atoms with E-state index in [0.29, 0.717) is 17.4 Å². The molecule has 3 aromatic carbocycles. The zero-order valence-electron chi connectivity index (χ0n) is 22.3. The molecule has 1 saturated heterocycles. The van der Waals surface area contributed by atoms with Gasteiger partial charge in [-0.15, -0.1) is 0 Å². The van der Waals surface area contributed by atoms with Gasteiger partial charge in [0.25, 0.3) is 5.91 Å². The summed E-state index contributed by atoms with van der Waals surface area (Å²) in [5.74, 6) is 0.242. The Hall–Kier alpha value is -3.64. The fraction of sp³-hybridized carbons (Fsp3) is 0.273. The fourth-order valence-electron chi connectivity index (χ4n) is 5.90. The SMILES string of the molecule is Cc1c(/C=C2\SC(=Nc3ccccc3)N([C@@H]3CCCC[C@H]3C)C2=O)c2ccccc2n1Cc1ccc(F)cc1. The summed E-state index contributed by atoms with van der Waals surface area (Å²) in [5.41, 5.74) is 5.10. The predicted molar refractivity (Wildman–Crippen MR) is 160 cm³/mol. The number of nitrogens with zero attached hydrogens (tertiary/aromatic N) is 3. The van der Waals surface area contributed by atoms with Crippen molar-refractivity contribution in [2.45, 2.75) is 52.1 Å². The Morgan fingerprint density at radius 3 is 2.46 bits per heavy atom. The second kappa shape index (κ2) is 10.9. The van der Waals surface area contributed by atoms with Crippen LogP contribution >= 0.6 is 11.8 Å². The highest BCUT2D eigenvalue weighted by atomic mass is 32.2. The molecule has 0 spiro atoms. The zero-order valence-corrected chi connectivity index (χ0v) is 23.1. The van der Waals surface area contributed by atoms with E-state index in [2.05, 4.69) is 36.6 Å². The van der Waals surface area contributed by atoms with Crippen molar-refractivity contribution in [1.29, 1.82) is 0 Å². The molecule has 39 heavy (non-hydrogen) atoms. The number of amidine groups is 1. The van der Waals surface area contributed by atoms with Gasteiger partial charge in [0.1, 0.15) is 5.82 Å². The van der Waals surface area contributed by atoms with Crippen LogP contribution in [0.2, 0.25) is 0 Å². The summed E-state index contributed by atoms with van der Waals surface area (Å²) in [6.45, 7) is 4.99. The monoisotopic (exact) mass is 537 g/mol. The highest BCUT2D eigenvalue weighted by Gasteiger charge is 2.41. The highest BCUT2D eigenvalue weighted by molar-refractivity contribution is 8.18. The molecule has 6 heteroatoms. The number of fused-ring (bicyclic) bond motifs is 1. The van der Waals surface area contributed by atoms with Crippen molar-refractivity contribution in [2.24, 2.45) is 10.9 Å². The molecule has 2 fully saturated rings. The van der Waals surface area contributed by atoms with Gasteiger partial charge < -0.3 is 4.57 Å². The van der Waals surface area contributed by atoms with Crippen LogP contribution in [0.4, 0.5) is 10.1 Å². The van der Waals surface area contributed by atoms with E-state index in [1.807, 2.05) is 59.5 Å². The zero-order chi connectivity index (χ0) is 26.9. The van der Waals surface area contributed by atoms with Crippen LogP contribution in [0.25, 0.3) is 17.0 Å². The standard InChI is InChI=1S/C33H32FN3OS/c1-22-10-6-8-14-29(22)37-32(38)31(39-33(37)35-26-11-4-3-5-12-26)20-28-23(2)36(30-15-9-7-13-27(28)30)21-24-16-18-25(34)19-17-24/h3-5,7,9,11-13,15-20,22,29H,6,8,10,14,21H2,1-2H3/b31-20-,35-33?/t22-,29-/m1/s1. The van der Waals surface area contributed by atoms with Gasteiger partial charge in [-0.3, -0.25) is 9.69 Å². The third-order valence-corrected chi connectivity index (χ3v) is 9.01. The molecule has 1 aliphatic heterocycles. The Bertz CT molecular complexity index is 1570. The van der Waals surface area contributed by atoms with Crippen molar-refractivity contribution < 1.29 is 9.18 Å². The lowest BCUT2D eigenvalue weighted by molar-refractivity contribution is -0.124. The smallest absolute Gasteiger partial charge is 0.267 e. The lowest BCUT2D eigenvalue weighted by Gasteiger charge is -2.35. The molecule has 2 atom stereocenters. The first kappa shape index (κ1) is 25.6. The highest BCUT2D eigenvalue weighted by Crippen LogP contribution is 2.41. The van der Waals surface area contributed by atoms with Crippen LogP contribution in [-0.4, -0.2) is 26.6 Å². The summed E-state index contributed by atoms with van der Waals surface area (Å²) in [5, 5.41) is 1.87. The van der Waals surface area contributed by atoms with Gasteiger partial charge >= 0.3 is 0 Å². The van der Waals surface area contributed by atoms with E-state index in [4.69, 9.17) is 4.99 Å². The molecule has 0 bridgehead atoms. The molecule has 4 aromatic rings. The molecule has 4 nitrogen and oxygen atoms in total. The Morgan fingerprint density at radius 1 is 0.974 bits per heavy atom. The number of benzene rings is 3. The molecule has 1 aromatic heterocycles. The summed E-state index contributed by atoms with van der Waals surface area (Å²) in [6.07, 6.45) is 6.54. The maximum Gasteiger partial charge on any atom is 0.267 e. The third kappa shape index (κ3) is 5.06. The molecule has 1 amide bonds. The number of thioether (sulfide) groups is 1. The molecule has 0 unspecified atom stereocenters. The van der Waals surface area contributed by atoms with E-state index >= 15 is 0 Å². The minimum atomic E-state index is -0.236. The topological polar surface area (TPSA) is 37.6 Å². The number of aromatic nitrogens is 1.